The molecule has 1 atom stereocenters. The molecule has 0 saturated carbocycles. The summed E-state index contributed by atoms with van der Waals surface area (Å²) in [5.41, 5.74) is 1.43. The Labute approximate surface area is 176 Å². The number of hydrogen-bond donors (Lipinski definition) is 2. The van der Waals surface area contributed by atoms with Crippen molar-refractivity contribution in [2.75, 3.05) is 6.54 Å². The summed E-state index contributed by atoms with van der Waals surface area (Å²) in [5.74, 6) is -0.678. The van der Waals surface area contributed by atoms with Crippen molar-refractivity contribution in [3.8, 4) is 0 Å². The molecule has 0 bridgehead atoms. The Kier molecular flexibility index (Phi) is 4.23. The number of nitrogens with zero attached hydrogens (tertiary/aromatic N) is 5. The largest absolute Gasteiger partial charge is 0.432 e. The van der Waals surface area contributed by atoms with Crippen LogP contribution in [0.5, 0.6) is 0 Å². The van der Waals surface area contributed by atoms with Crippen LogP contribution in [0.25, 0.3) is 5.52 Å². The number of carbonyl (C=O) groups excluding carboxylic acids is 1. The SMILES string of the molecule is Cc1nc(C(C)(C)O)oc1C(=O)N1CCc2[nH]cnc2[C@@H]1c1cc2c(F)cccn2n1. The van der Waals surface area contributed by atoms with Crippen LogP contribution in [0.3, 0.4) is 0 Å². The van der Waals surface area contributed by atoms with Gasteiger partial charge in [-0.2, -0.15) is 5.10 Å². The van der Waals surface area contributed by atoms with Gasteiger partial charge in [0.2, 0.25) is 11.7 Å². The smallest absolute Gasteiger partial charge is 0.292 e. The van der Waals surface area contributed by atoms with Gasteiger partial charge in [-0.05, 0) is 39.0 Å². The van der Waals surface area contributed by atoms with Crippen LogP contribution in [-0.2, 0) is 12.0 Å². The second-order valence-corrected chi connectivity index (χ2v) is 8.17. The Hall–Kier alpha value is -3.53. The van der Waals surface area contributed by atoms with Gasteiger partial charge in [0.15, 0.2) is 0 Å². The maximum absolute atomic E-state index is 14.3. The highest BCUT2D eigenvalue weighted by Gasteiger charge is 2.39. The third kappa shape index (κ3) is 3.10. The van der Waals surface area contributed by atoms with Crippen molar-refractivity contribution in [2.24, 2.45) is 0 Å². The first-order chi connectivity index (χ1) is 14.7. The number of oxazole rings is 1. The number of aryl methyl sites for hydroxylation is 1. The van der Waals surface area contributed by atoms with Gasteiger partial charge in [-0.25, -0.2) is 18.9 Å². The normalized spacial score (nSPS) is 16.7. The molecule has 2 N–H and O–H groups in total. The molecule has 5 rings (SSSR count). The van der Waals surface area contributed by atoms with E-state index in [4.69, 9.17) is 4.42 Å². The number of halogens is 1. The lowest BCUT2D eigenvalue weighted by Gasteiger charge is -2.33. The molecular formula is C21H21FN6O3. The minimum atomic E-state index is -1.32. The first kappa shape index (κ1) is 19.4. The molecule has 0 radical (unpaired) electrons. The van der Waals surface area contributed by atoms with Gasteiger partial charge in [0.1, 0.15) is 23.0 Å². The summed E-state index contributed by atoms with van der Waals surface area (Å²) < 4.78 is 21.4. The highest BCUT2D eigenvalue weighted by Crippen LogP contribution is 2.35. The summed E-state index contributed by atoms with van der Waals surface area (Å²) in [4.78, 5) is 26.9. The molecule has 9 nitrogen and oxygen atoms in total. The number of aromatic nitrogens is 5. The van der Waals surface area contributed by atoms with Gasteiger partial charge in [-0.1, -0.05) is 0 Å². The Bertz CT molecular complexity index is 1300. The molecule has 1 aliphatic heterocycles. The van der Waals surface area contributed by atoms with Crippen molar-refractivity contribution in [2.45, 2.75) is 38.8 Å². The maximum Gasteiger partial charge on any atom is 0.292 e. The number of aliphatic hydroxyl groups is 1. The zero-order valence-electron chi connectivity index (χ0n) is 17.3. The van der Waals surface area contributed by atoms with Crippen LogP contribution in [0.4, 0.5) is 4.39 Å². The monoisotopic (exact) mass is 424 g/mol. The van der Waals surface area contributed by atoms with Gasteiger partial charge in [0.05, 0.1) is 23.4 Å². The topological polar surface area (TPSA) is 113 Å². The fraction of sp³-hybridized carbons (Fsp3) is 0.333. The molecule has 4 aromatic rings. The number of imidazole rings is 1. The summed E-state index contributed by atoms with van der Waals surface area (Å²) in [6, 6.07) is 3.93. The van der Waals surface area contributed by atoms with E-state index in [-0.39, 0.29) is 11.7 Å². The molecule has 10 heteroatoms. The standard InChI is InChI=1S/C21H21FN6O3/c1-11-18(31-20(25-11)21(2,3)30)19(29)27-8-6-13-16(24-10-23-13)17(27)14-9-15-12(22)5-4-7-28(15)26-14/h4-5,7,9-10,17,30H,6,8H2,1-3H3,(H,23,24)/t17-/m0/s1. The number of rotatable bonds is 3. The number of nitrogens with one attached hydrogen (secondary N) is 1. The van der Waals surface area contributed by atoms with Gasteiger partial charge >= 0.3 is 0 Å². The third-order valence-corrected chi connectivity index (χ3v) is 5.45. The molecule has 0 saturated heterocycles. The van der Waals surface area contributed by atoms with Crippen LogP contribution < -0.4 is 0 Å². The second-order valence-electron chi connectivity index (χ2n) is 8.17. The quantitative estimate of drug-likeness (QED) is 0.523. The van der Waals surface area contributed by atoms with Crippen LogP contribution in [0, 0.1) is 12.7 Å². The van der Waals surface area contributed by atoms with Gasteiger partial charge < -0.3 is 19.4 Å². The van der Waals surface area contributed by atoms with Gasteiger partial charge in [-0.15, -0.1) is 0 Å². The molecule has 1 aliphatic rings. The van der Waals surface area contributed by atoms with Crippen LogP contribution in [-0.4, -0.2) is 47.0 Å². The molecule has 31 heavy (non-hydrogen) atoms. The Balaban J connectivity index is 1.61. The number of fused-ring (bicyclic) bond motifs is 2. The van der Waals surface area contributed by atoms with E-state index >= 15 is 0 Å². The van der Waals surface area contributed by atoms with Crippen LogP contribution >= 0.6 is 0 Å². The van der Waals surface area contributed by atoms with E-state index in [1.165, 1.54) is 24.4 Å². The average Bonchev–Trinajstić information content (AvgIpc) is 3.44. The summed E-state index contributed by atoms with van der Waals surface area (Å²) in [7, 11) is 0. The van der Waals surface area contributed by atoms with Crippen molar-refractivity contribution < 1.29 is 18.7 Å². The summed E-state index contributed by atoms with van der Waals surface area (Å²) >= 11 is 0. The first-order valence-electron chi connectivity index (χ1n) is 9.91. The fourth-order valence-corrected chi connectivity index (χ4v) is 3.92. The second kappa shape index (κ2) is 6.74. The number of amides is 1. The van der Waals surface area contributed by atoms with Gasteiger partial charge in [0, 0.05) is 24.9 Å². The fourth-order valence-electron chi connectivity index (χ4n) is 3.92. The predicted octanol–water partition coefficient (Wildman–Crippen LogP) is 2.51. The van der Waals surface area contributed by atoms with Crippen LogP contribution in [0.15, 0.2) is 35.1 Å². The van der Waals surface area contributed by atoms with Crippen LogP contribution in [0.2, 0.25) is 0 Å². The zero-order valence-corrected chi connectivity index (χ0v) is 17.3. The Morgan fingerprint density at radius 1 is 1.42 bits per heavy atom. The van der Waals surface area contributed by atoms with Crippen molar-refractivity contribution in [1.29, 1.82) is 0 Å². The van der Waals surface area contributed by atoms with Crippen LogP contribution in [0.1, 0.15) is 59.1 Å². The highest BCUT2D eigenvalue weighted by atomic mass is 19.1. The van der Waals surface area contributed by atoms with Gasteiger partial charge in [0.25, 0.3) is 5.91 Å². The third-order valence-electron chi connectivity index (χ3n) is 5.45. The average molecular weight is 424 g/mol. The van der Waals surface area contributed by atoms with E-state index in [2.05, 4.69) is 20.1 Å². The van der Waals surface area contributed by atoms with Crippen molar-refractivity contribution in [3.05, 3.63) is 71.0 Å². The molecule has 0 spiro atoms. The van der Waals surface area contributed by atoms with E-state index in [9.17, 15) is 14.3 Å². The molecule has 0 fully saturated rings. The lowest BCUT2D eigenvalue weighted by atomic mass is 9.99. The van der Waals surface area contributed by atoms with E-state index in [1.807, 2.05) is 0 Å². The molecule has 0 aromatic carbocycles. The minimum Gasteiger partial charge on any atom is -0.432 e. The molecule has 0 aliphatic carbocycles. The lowest BCUT2D eigenvalue weighted by Crippen LogP contribution is -2.41. The summed E-state index contributed by atoms with van der Waals surface area (Å²) in [6.45, 7) is 5.12. The molecular weight excluding hydrogens is 403 g/mol. The molecule has 0 unspecified atom stereocenters. The predicted molar refractivity (Wildman–Crippen MR) is 107 cm³/mol. The number of hydrogen-bond acceptors (Lipinski definition) is 6. The van der Waals surface area contributed by atoms with Crippen molar-refractivity contribution in [3.63, 3.8) is 0 Å². The lowest BCUT2D eigenvalue weighted by molar-refractivity contribution is 0.0440. The number of carbonyl (C=O) groups is 1. The van der Waals surface area contributed by atoms with Crippen molar-refractivity contribution in [1.82, 2.24) is 29.5 Å². The van der Waals surface area contributed by atoms with E-state index in [0.717, 1.165) is 5.69 Å². The zero-order chi connectivity index (χ0) is 21.9. The molecule has 160 valence electrons. The Morgan fingerprint density at radius 3 is 2.94 bits per heavy atom. The molecule has 1 amide bonds. The minimum absolute atomic E-state index is 0.0519. The number of H-pyrrole nitrogens is 1. The molecule has 4 aromatic heterocycles. The highest BCUT2D eigenvalue weighted by molar-refractivity contribution is 5.93. The Morgan fingerprint density at radius 2 is 2.23 bits per heavy atom. The van der Waals surface area contributed by atoms with E-state index < -0.39 is 23.4 Å². The number of pyridine rings is 1. The van der Waals surface area contributed by atoms with E-state index in [1.54, 1.807) is 36.5 Å². The maximum atomic E-state index is 14.3. The van der Waals surface area contributed by atoms with E-state index in [0.29, 0.717) is 35.6 Å². The van der Waals surface area contributed by atoms with Crippen molar-refractivity contribution >= 4 is 11.4 Å². The first-order valence-corrected chi connectivity index (χ1v) is 9.91. The molecule has 5 heterocycles. The number of aromatic amines is 1. The summed E-state index contributed by atoms with van der Waals surface area (Å²) in [5, 5.41) is 14.7. The summed E-state index contributed by atoms with van der Waals surface area (Å²) in [6.07, 6.45) is 3.80. The van der Waals surface area contributed by atoms with Gasteiger partial charge in [-0.3, -0.25) is 4.79 Å².